The van der Waals surface area contributed by atoms with Gasteiger partial charge in [0.2, 0.25) is 5.91 Å². The van der Waals surface area contributed by atoms with E-state index in [4.69, 9.17) is 4.74 Å². The lowest BCUT2D eigenvalue weighted by Gasteiger charge is -2.20. The highest BCUT2D eigenvalue weighted by atomic mass is 16.5. The van der Waals surface area contributed by atoms with E-state index in [-0.39, 0.29) is 18.5 Å². The molecule has 2 atom stereocenters. The fraction of sp³-hybridized carbons (Fsp3) is 0.895. The summed E-state index contributed by atoms with van der Waals surface area (Å²) in [4.78, 5) is 24.5. The number of esters is 1. The van der Waals surface area contributed by atoms with Crippen LogP contribution in [0.25, 0.3) is 0 Å². The molecule has 0 bridgehead atoms. The Hall–Kier alpha value is -1.66. The third-order valence-electron chi connectivity index (χ3n) is 13.0. The maximum atomic E-state index is 12.4. The van der Waals surface area contributed by atoms with E-state index in [9.17, 15) is 19.8 Å². The maximum absolute atomic E-state index is 12.4. The van der Waals surface area contributed by atoms with Crippen LogP contribution in [-0.4, -0.2) is 47.4 Å². The Balaban J connectivity index is 3.45. The lowest BCUT2D eigenvalue weighted by Crippen LogP contribution is -2.45. The molecule has 0 rings (SSSR count). The molecule has 372 valence electrons. The second-order valence-corrected chi connectivity index (χ2v) is 19.3. The number of rotatable bonds is 52. The molecule has 0 spiro atoms. The molecule has 0 fully saturated rings. The van der Waals surface area contributed by atoms with Crippen LogP contribution in [0.1, 0.15) is 303 Å². The topological polar surface area (TPSA) is 95.9 Å². The average Bonchev–Trinajstić information content (AvgIpc) is 3.28. The van der Waals surface area contributed by atoms with E-state index in [1.54, 1.807) is 6.08 Å². The molecule has 2 unspecified atom stereocenters. The molecule has 3 N–H and O–H groups in total. The standard InChI is InChI=1S/C57H109NO5/c1-3-5-7-9-11-13-15-17-18-19-20-24-27-31-35-39-43-47-51-57(62)63-52-48-44-40-36-32-28-25-22-21-23-26-30-34-38-42-46-50-56(61)58-54(53-59)55(60)49-45-41-37-33-29-16-14-12-10-8-6-4-2/h21,23,45,49,54-55,59-60H,3-20,22,24-44,46-48,50-53H2,1-2H3,(H,58,61)/b23-21-,49-45+. The number of allylic oxidation sites excluding steroid dienone is 3. The average molecular weight is 889 g/mol. The van der Waals surface area contributed by atoms with E-state index in [1.807, 2.05) is 6.08 Å². The smallest absolute Gasteiger partial charge is 0.305 e. The first-order valence-electron chi connectivity index (χ1n) is 28.1. The first-order valence-corrected chi connectivity index (χ1v) is 28.1. The molecule has 0 radical (unpaired) electrons. The van der Waals surface area contributed by atoms with Crippen LogP contribution in [0, 0.1) is 0 Å². The Labute approximate surface area is 392 Å². The van der Waals surface area contributed by atoms with Gasteiger partial charge < -0.3 is 20.3 Å². The van der Waals surface area contributed by atoms with Crippen molar-refractivity contribution in [2.75, 3.05) is 13.2 Å². The highest BCUT2D eigenvalue weighted by molar-refractivity contribution is 5.76. The Kier molecular flexibility index (Phi) is 51.6. The minimum Gasteiger partial charge on any atom is -0.466 e. The summed E-state index contributed by atoms with van der Waals surface area (Å²) >= 11 is 0. The Morgan fingerprint density at radius 3 is 1.13 bits per heavy atom. The van der Waals surface area contributed by atoms with Crippen LogP contribution in [0.3, 0.4) is 0 Å². The van der Waals surface area contributed by atoms with E-state index >= 15 is 0 Å². The van der Waals surface area contributed by atoms with Gasteiger partial charge in [0.05, 0.1) is 25.4 Å². The maximum Gasteiger partial charge on any atom is 0.305 e. The summed E-state index contributed by atoms with van der Waals surface area (Å²) in [5, 5.41) is 23.0. The highest BCUT2D eigenvalue weighted by Crippen LogP contribution is 2.16. The molecular weight excluding hydrogens is 779 g/mol. The summed E-state index contributed by atoms with van der Waals surface area (Å²) in [5.74, 6) is -0.0850. The van der Waals surface area contributed by atoms with Gasteiger partial charge in [-0.2, -0.15) is 0 Å². The summed E-state index contributed by atoms with van der Waals surface area (Å²) < 4.78 is 5.48. The minimum atomic E-state index is -0.853. The number of ether oxygens (including phenoxy) is 1. The number of unbranched alkanes of at least 4 members (excludes halogenated alkanes) is 39. The van der Waals surface area contributed by atoms with Crippen molar-refractivity contribution < 1.29 is 24.5 Å². The SMILES string of the molecule is CCCCCCCCCCCC/C=C/C(O)C(CO)NC(=O)CCCCCCC/C=C\CCCCCCCCCOC(=O)CCCCCCCCCCCCCCCCCCCC. The monoisotopic (exact) mass is 888 g/mol. The zero-order chi connectivity index (χ0) is 45.8. The molecule has 63 heavy (non-hydrogen) atoms. The molecule has 0 heterocycles. The minimum absolute atomic E-state index is 0.000345. The zero-order valence-corrected chi connectivity index (χ0v) is 42.3. The molecule has 1 amide bonds. The van der Waals surface area contributed by atoms with E-state index in [2.05, 4.69) is 31.3 Å². The first kappa shape index (κ1) is 61.3. The number of aliphatic hydroxyl groups excluding tert-OH is 2. The summed E-state index contributed by atoms with van der Waals surface area (Å²) in [7, 11) is 0. The van der Waals surface area contributed by atoms with Crippen molar-refractivity contribution in [3.63, 3.8) is 0 Å². The predicted molar refractivity (Wildman–Crippen MR) is 273 cm³/mol. The van der Waals surface area contributed by atoms with Crippen LogP contribution in [0.4, 0.5) is 0 Å². The van der Waals surface area contributed by atoms with Gasteiger partial charge in [0.15, 0.2) is 0 Å². The van der Waals surface area contributed by atoms with E-state index in [0.717, 1.165) is 64.2 Å². The molecule has 0 aromatic heterocycles. The number of hydrogen-bond donors (Lipinski definition) is 3. The predicted octanol–water partition coefficient (Wildman–Crippen LogP) is 17.1. The third-order valence-corrected chi connectivity index (χ3v) is 13.0. The molecular formula is C57H109NO5. The Morgan fingerprint density at radius 1 is 0.429 bits per heavy atom. The molecule has 6 nitrogen and oxygen atoms in total. The summed E-state index contributed by atoms with van der Waals surface area (Å²) in [6.07, 6.45) is 63.4. The van der Waals surface area contributed by atoms with Gasteiger partial charge >= 0.3 is 5.97 Å². The fourth-order valence-electron chi connectivity index (χ4n) is 8.63. The molecule has 0 aromatic rings. The van der Waals surface area contributed by atoms with Crippen LogP contribution in [0.15, 0.2) is 24.3 Å². The second-order valence-electron chi connectivity index (χ2n) is 19.3. The van der Waals surface area contributed by atoms with Crippen molar-refractivity contribution in [3.8, 4) is 0 Å². The van der Waals surface area contributed by atoms with Gasteiger partial charge in [0, 0.05) is 12.8 Å². The van der Waals surface area contributed by atoms with Crippen molar-refractivity contribution in [2.24, 2.45) is 0 Å². The third kappa shape index (κ3) is 49.6. The van der Waals surface area contributed by atoms with Gasteiger partial charge in [-0.3, -0.25) is 9.59 Å². The lowest BCUT2D eigenvalue weighted by molar-refractivity contribution is -0.143. The van der Waals surface area contributed by atoms with Crippen molar-refractivity contribution in [1.82, 2.24) is 5.32 Å². The number of carbonyl (C=O) groups is 2. The van der Waals surface area contributed by atoms with Gasteiger partial charge in [-0.05, 0) is 57.8 Å². The summed E-state index contributed by atoms with van der Waals surface area (Å²) in [6, 6.07) is -0.638. The fourth-order valence-corrected chi connectivity index (χ4v) is 8.63. The van der Waals surface area contributed by atoms with Crippen molar-refractivity contribution in [3.05, 3.63) is 24.3 Å². The van der Waals surface area contributed by atoms with Crippen LogP contribution < -0.4 is 5.32 Å². The van der Waals surface area contributed by atoms with Gasteiger partial charge in [0.1, 0.15) is 0 Å². The number of hydrogen-bond acceptors (Lipinski definition) is 5. The Morgan fingerprint density at radius 2 is 0.746 bits per heavy atom. The van der Waals surface area contributed by atoms with Crippen molar-refractivity contribution >= 4 is 11.9 Å². The summed E-state index contributed by atoms with van der Waals surface area (Å²) in [5.41, 5.74) is 0. The van der Waals surface area contributed by atoms with Gasteiger partial charge in [-0.15, -0.1) is 0 Å². The first-order chi connectivity index (χ1) is 31.0. The quantitative estimate of drug-likeness (QED) is 0.0321. The second kappa shape index (κ2) is 53.0. The molecule has 0 aliphatic heterocycles. The molecule has 0 aromatic carbocycles. The number of aliphatic hydroxyl groups is 2. The highest BCUT2D eigenvalue weighted by Gasteiger charge is 2.18. The number of nitrogens with one attached hydrogen (secondary N) is 1. The van der Waals surface area contributed by atoms with Gasteiger partial charge in [-0.1, -0.05) is 256 Å². The van der Waals surface area contributed by atoms with Crippen LogP contribution >= 0.6 is 0 Å². The molecule has 6 heteroatoms. The van der Waals surface area contributed by atoms with E-state index < -0.39 is 12.1 Å². The van der Waals surface area contributed by atoms with Gasteiger partial charge in [-0.25, -0.2) is 0 Å². The Bertz CT molecular complexity index is 982. The van der Waals surface area contributed by atoms with Crippen LogP contribution in [0.2, 0.25) is 0 Å². The van der Waals surface area contributed by atoms with Gasteiger partial charge in [0.25, 0.3) is 0 Å². The zero-order valence-electron chi connectivity index (χ0n) is 42.3. The van der Waals surface area contributed by atoms with Crippen molar-refractivity contribution in [2.45, 2.75) is 315 Å². The van der Waals surface area contributed by atoms with Crippen LogP contribution in [0.5, 0.6) is 0 Å². The largest absolute Gasteiger partial charge is 0.466 e. The molecule has 0 aliphatic rings. The van der Waals surface area contributed by atoms with Crippen LogP contribution in [-0.2, 0) is 14.3 Å². The number of amides is 1. The van der Waals surface area contributed by atoms with E-state index in [0.29, 0.717) is 19.4 Å². The molecule has 0 saturated heterocycles. The summed E-state index contributed by atoms with van der Waals surface area (Å²) in [6.45, 7) is 4.88. The molecule has 0 aliphatic carbocycles. The van der Waals surface area contributed by atoms with E-state index in [1.165, 1.54) is 212 Å². The normalized spacial score (nSPS) is 12.8. The number of carbonyl (C=O) groups excluding carboxylic acids is 2. The lowest BCUT2D eigenvalue weighted by atomic mass is 10.0. The van der Waals surface area contributed by atoms with Crippen molar-refractivity contribution in [1.29, 1.82) is 0 Å². The molecule has 0 saturated carbocycles.